The predicted molar refractivity (Wildman–Crippen MR) is 64.1 cm³/mol. The van der Waals surface area contributed by atoms with Gasteiger partial charge < -0.3 is 10.8 Å². The second-order valence-corrected chi connectivity index (χ2v) is 6.33. The fourth-order valence-electron chi connectivity index (χ4n) is 1.64. The lowest BCUT2D eigenvalue weighted by Gasteiger charge is -2.32. The normalized spacial score (nSPS) is 23.8. The van der Waals surface area contributed by atoms with Gasteiger partial charge in [-0.2, -0.15) is 0 Å². The van der Waals surface area contributed by atoms with Gasteiger partial charge in [0.25, 0.3) is 0 Å². The van der Waals surface area contributed by atoms with Crippen LogP contribution >= 0.6 is 11.8 Å². The average Bonchev–Trinajstić information content (AvgIpc) is 2.17. The van der Waals surface area contributed by atoms with E-state index in [1.54, 1.807) is 11.8 Å². The van der Waals surface area contributed by atoms with Crippen molar-refractivity contribution in [2.75, 3.05) is 0 Å². The second-order valence-electron chi connectivity index (χ2n) is 4.43. The molecule has 0 amide bonds. The average molecular weight is 229 g/mol. The zero-order chi connectivity index (χ0) is 11.5. The van der Waals surface area contributed by atoms with Crippen LogP contribution in [0.3, 0.4) is 0 Å². The van der Waals surface area contributed by atoms with Gasteiger partial charge in [-0.1, -0.05) is 12.2 Å². The first-order valence-corrected chi connectivity index (χ1v) is 6.14. The lowest BCUT2D eigenvalue weighted by molar-refractivity contribution is -0.139. The zero-order valence-corrected chi connectivity index (χ0v) is 10.1. The van der Waals surface area contributed by atoms with Crippen molar-refractivity contribution in [1.29, 1.82) is 0 Å². The van der Waals surface area contributed by atoms with E-state index in [2.05, 4.69) is 12.2 Å². The number of carboxylic acid groups (broad SMARTS) is 1. The first-order valence-electron chi connectivity index (χ1n) is 5.26. The molecule has 1 aliphatic carbocycles. The Bertz CT molecular complexity index is 263. The summed E-state index contributed by atoms with van der Waals surface area (Å²) < 4.78 is -0.418. The van der Waals surface area contributed by atoms with Gasteiger partial charge >= 0.3 is 5.97 Å². The summed E-state index contributed by atoms with van der Waals surface area (Å²) in [7, 11) is 0. The number of aliphatic carboxylic acids is 1. The second kappa shape index (κ2) is 5.03. The van der Waals surface area contributed by atoms with Crippen molar-refractivity contribution in [3.8, 4) is 0 Å². The topological polar surface area (TPSA) is 63.3 Å². The minimum atomic E-state index is -0.924. The van der Waals surface area contributed by atoms with Crippen LogP contribution in [0, 0.1) is 0 Å². The first kappa shape index (κ1) is 12.6. The molecule has 0 aliphatic heterocycles. The maximum absolute atomic E-state index is 10.8. The molecule has 0 aromatic heterocycles. The highest BCUT2D eigenvalue weighted by Crippen LogP contribution is 2.35. The third-order valence-corrected chi connectivity index (χ3v) is 4.24. The van der Waals surface area contributed by atoms with Gasteiger partial charge in [-0.25, -0.2) is 0 Å². The first-order chi connectivity index (χ1) is 6.93. The quantitative estimate of drug-likeness (QED) is 0.724. The maximum Gasteiger partial charge on any atom is 0.321 e. The molecule has 86 valence electrons. The molecule has 0 fully saturated rings. The van der Waals surface area contributed by atoms with Gasteiger partial charge in [-0.3, -0.25) is 4.79 Å². The highest BCUT2D eigenvalue weighted by Gasteiger charge is 2.34. The minimum absolute atomic E-state index is 0.416. The summed E-state index contributed by atoms with van der Waals surface area (Å²) in [6, 6.07) is -0.808. The third-order valence-electron chi connectivity index (χ3n) is 2.68. The predicted octanol–water partition coefficient (Wildman–Crippen LogP) is 2.02. The number of thioether (sulfide) groups is 1. The number of hydrogen-bond acceptors (Lipinski definition) is 3. The van der Waals surface area contributed by atoms with Crippen molar-refractivity contribution in [1.82, 2.24) is 0 Å². The molecular formula is C11H19NO2S. The van der Waals surface area contributed by atoms with Gasteiger partial charge in [0, 0.05) is 10.00 Å². The number of rotatable bonds is 4. The summed E-state index contributed by atoms with van der Waals surface area (Å²) in [5.41, 5.74) is 5.67. The molecule has 2 atom stereocenters. The van der Waals surface area contributed by atoms with Crippen molar-refractivity contribution >= 4 is 17.7 Å². The van der Waals surface area contributed by atoms with Crippen LogP contribution in [0.4, 0.5) is 0 Å². The molecule has 3 nitrogen and oxygen atoms in total. The summed E-state index contributed by atoms with van der Waals surface area (Å²) >= 11 is 1.67. The number of carboxylic acids is 1. The Hall–Kier alpha value is -0.480. The molecule has 0 bridgehead atoms. The molecule has 0 radical (unpaired) electrons. The number of nitrogens with two attached hydrogens (primary N) is 1. The lowest BCUT2D eigenvalue weighted by Crippen LogP contribution is -2.47. The van der Waals surface area contributed by atoms with Gasteiger partial charge in [0.15, 0.2) is 0 Å². The van der Waals surface area contributed by atoms with Crippen LogP contribution in [0.5, 0.6) is 0 Å². The number of allylic oxidation sites excluding steroid dienone is 1. The molecule has 1 aliphatic rings. The van der Waals surface area contributed by atoms with Gasteiger partial charge in [-0.15, -0.1) is 11.8 Å². The van der Waals surface area contributed by atoms with E-state index in [-0.39, 0.29) is 0 Å². The zero-order valence-electron chi connectivity index (χ0n) is 9.27. The Kier molecular flexibility index (Phi) is 4.22. The van der Waals surface area contributed by atoms with E-state index in [0.29, 0.717) is 5.25 Å². The summed E-state index contributed by atoms with van der Waals surface area (Å²) in [5.74, 6) is -0.924. The van der Waals surface area contributed by atoms with Gasteiger partial charge in [0.2, 0.25) is 0 Å². The number of hydrogen-bond donors (Lipinski definition) is 2. The molecule has 1 unspecified atom stereocenters. The number of carbonyl (C=O) groups is 1. The molecular weight excluding hydrogens is 210 g/mol. The van der Waals surface area contributed by atoms with E-state index >= 15 is 0 Å². The molecule has 15 heavy (non-hydrogen) atoms. The Labute approximate surface area is 95.1 Å². The Balaban J connectivity index is 2.58. The molecule has 4 heteroatoms. The standard InChI is InChI=1S/C11H19NO2S/c1-11(2,9(12)10(13)14)15-8-6-4-3-5-7-8/h4,6,8-9H,3,5,7,12H2,1-2H3,(H,13,14)/t8?,9-/m1/s1. The fourth-order valence-corrected chi connectivity index (χ4v) is 3.14. The van der Waals surface area contributed by atoms with Gasteiger partial charge in [-0.05, 0) is 33.1 Å². The van der Waals surface area contributed by atoms with E-state index in [0.717, 1.165) is 12.8 Å². The molecule has 0 aromatic carbocycles. The molecule has 0 saturated carbocycles. The van der Waals surface area contributed by atoms with Crippen LogP contribution in [-0.4, -0.2) is 27.1 Å². The van der Waals surface area contributed by atoms with Crippen LogP contribution < -0.4 is 5.73 Å². The molecule has 0 aromatic rings. The molecule has 1 rings (SSSR count). The van der Waals surface area contributed by atoms with E-state index < -0.39 is 16.8 Å². The van der Waals surface area contributed by atoms with Crippen molar-refractivity contribution < 1.29 is 9.90 Å². The smallest absolute Gasteiger partial charge is 0.321 e. The van der Waals surface area contributed by atoms with Crippen molar-refractivity contribution in [3.63, 3.8) is 0 Å². The van der Waals surface area contributed by atoms with Crippen molar-refractivity contribution in [2.45, 2.75) is 49.1 Å². The minimum Gasteiger partial charge on any atom is -0.480 e. The van der Waals surface area contributed by atoms with Crippen LogP contribution in [0.2, 0.25) is 0 Å². The van der Waals surface area contributed by atoms with Crippen LogP contribution in [0.15, 0.2) is 12.2 Å². The van der Waals surface area contributed by atoms with Crippen molar-refractivity contribution in [2.24, 2.45) is 5.73 Å². The van der Waals surface area contributed by atoms with Gasteiger partial charge in [0.1, 0.15) is 6.04 Å². The molecule has 3 N–H and O–H groups in total. The largest absolute Gasteiger partial charge is 0.480 e. The SMILES string of the molecule is CC(C)(SC1C=CCCC1)[C@H](N)C(=O)O. The summed E-state index contributed by atoms with van der Waals surface area (Å²) in [5, 5.41) is 9.31. The van der Waals surface area contributed by atoms with E-state index in [1.165, 1.54) is 6.42 Å². The Morgan fingerprint density at radius 2 is 2.33 bits per heavy atom. The highest BCUT2D eigenvalue weighted by molar-refractivity contribution is 8.01. The fraction of sp³-hybridized carbons (Fsp3) is 0.727. The molecule has 0 spiro atoms. The maximum atomic E-state index is 10.8. The lowest BCUT2D eigenvalue weighted by atomic mass is 10.0. The van der Waals surface area contributed by atoms with E-state index in [4.69, 9.17) is 10.8 Å². The monoisotopic (exact) mass is 229 g/mol. The van der Waals surface area contributed by atoms with Crippen LogP contribution in [-0.2, 0) is 4.79 Å². The molecule has 0 saturated heterocycles. The summed E-state index contributed by atoms with van der Waals surface area (Å²) in [6.45, 7) is 3.80. The van der Waals surface area contributed by atoms with E-state index in [9.17, 15) is 4.79 Å². The van der Waals surface area contributed by atoms with Crippen LogP contribution in [0.1, 0.15) is 33.1 Å². The van der Waals surface area contributed by atoms with Crippen molar-refractivity contribution in [3.05, 3.63) is 12.2 Å². The van der Waals surface area contributed by atoms with Gasteiger partial charge in [0.05, 0.1) is 0 Å². The third kappa shape index (κ3) is 3.54. The summed E-state index contributed by atoms with van der Waals surface area (Å²) in [6.07, 6.45) is 7.79. The Morgan fingerprint density at radius 1 is 1.67 bits per heavy atom. The van der Waals surface area contributed by atoms with E-state index in [1.807, 2.05) is 13.8 Å². The highest BCUT2D eigenvalue weighted by atomic mass is 32.2. The Morgan fingerprint density at radius 3 is 2.80 bits per heavy atom. The van der Waals surface area contributed by atoms with Crippen LogP contribution in [0.25, 0.3) is 0 Å². The summed E-state index contributed by atoms with van der Waals surface area (Å²) in [4.78, 5) is 10.8. The molecule has 0 heterocycles.